The van der Waals surface area contributed by atoms with E-state index in [9.17, 15) is 9.59 Å². The van der Waals surface area contributed by atoms with E-state index in [2.05, 4.69) is 78.8 Å². The highest BCUT2D eigenvalue weighted by Crippen LogP contribution is 2.41. The molecule has 3 aromatic rings. The van der Waals surface area contributed by atoms with Crippen molar-refractivity contribution in [3.8, 4) is 0 Å². The molecule has 2 aromatic carbocycles. The number of carbonyl (C=O) groups is 2. The molecule has 4 rings (SSSR count). The smallest absolute Gasteiger partial charge is 0.242 e. The van der Waals surface area contributed by atoms with Gasteiger partial charge in [-0.2, -0.15) is 0 Å². The van der Waals surface area contributed by atoms with Crippen molar-refractivity contribution in [3.63, 3.8) is 0 Å². The van der Waals surface area contributed by atoms with Crippen LogP contribution in [0.25, 0.3) is 10.9 Å². The number of aromatic amines is 1. The Morgan fingerprint density at radius 2 is 1.68 bits per heavy atom. The molecule has 1 fully saturated rings. The van der Waals surface area contributed by atoms with Gasteiger partial charge in [-0.15, -0.1) is 12.4 Å². The molecule has 1 heterocycles. The summed E-state index contributed by atoms with van der Waals surface area (Å²) in [6.07, 6.45) is 6.54. The first-order chi connectivity index (χ1) is 17.3. The number of fused-ring (bicyclic) bond motifs is 1. The summed E-state index contributed by atoms with van der Waals surface area (Å²) < 4.78 is 0. The van der Waals surface area contributed by atoms with E-state index >= 15 is 0 Å². The van der Waals surface area contributed by atoms with Gasteiger partial charge in [0.15, 0.2) is 0 Å². The molecule has 7 heteroatoms. The lowest BCUT2D eigenvalue weighted by Crippen LogP contribution is -2.53. The van der Waals surface area contributed by atoms with E-state index in [0.717, 1.165) is 42.1 Å². The minimum Gasteiger partial charge on any atom is -0.361 e. The number of nitrogens with zero attached hydrogens (tertiary/aromatic N) is 1. The van der Waals surface area contributed by atoms with Crippen LogP contribution < -0.4 is 10.6 Å². The Kier molecular flexibility index (Phi) is 9.80. The Morgan fingerprint density at radius 3 is 2.32 bits per heavy atom. The first-order valence-electron chi connectivity index (χ1n) is 13.2. The van der Waals surface area contributed by atoms with Crippen LogP contribution in [0.3, 0.4) is 0 Å². The van der Waals surface area contributed by atoms with E-state index < -0.39 is 6.04 Å². The minimum atomic E-state index is -0.530. The van der Waals surface area contributed by atoms with E-state index in [1.807, 2.05) is 30.5 Å². The van der Waals surface area contributed by atoms with Crippen LogP contribution in [-0.2, 0) is 21.5 Å². The van der Waals surface area contributed by atoms with Crippen molar-refractivity contribution in [1.29, 1.82) is 0 Å². The number of H-pyrrole nitrogens is 1. The van der Waals surface area contributed by atoms with Gasteiger partial charge in [-0.05, 0) is 69.3 Å². The first kappa shape index (κ1) is 28.7. The zero-order valence-corrected chi connectivity index (χ0v) is 23.2. The molecule has 6 nitrogen and oxygen atoms in total. The molecule has 0 aliphatic heterocycles. The fourth-order valence-electron chi connectivity index (χ4n) is 5.68. The van der Waals surface area contributed by atoms with Gasteiger partial charge in [0.1, 0.15) is 6.04 Å². The second-order valence-electron chi connectivity index (χ2n) is 10.9. The van der Waals surface area contributed by atoms with Crippen molar-refractivity contribution >= 4 is 35.1 Å². The molecule has 3 N–H and O–H groups in total. The zero-order valence-electron chi connectivity index (χ0n) is 22.4. The summed E-state index contributed by atoms with van der Waals surface area (Å²) in [4.78, 5) is 31.8. The number of nitrogens with one attached hydrogen (secondary N) is 3. The minimum absolute atomic E-state index is 0. The maximum absolute atomic E-state index is 13.3. The van der Waals surface area contributed by atoms with Gasteiger partial charge in [-0.3, -0.25) is 14.5 Å². The summed E-state index contributed by atoms with van der Waals surface area (Å²) >= 11 is 0. The summed E-state index contributed by atoms with van der Waals surface area (Å²) in [7, 11) is 4.29. The third-order valence-electron chi connectivity index (χ3n) is 7.71. The van der Waals surface area contributed by atoms with Crippen molar-refractivity contribution in [2.24, 2.45) is 5.92 Å². The standard InChI is InChI=1S/C30H40N4O2.ClH/c1-21(2)18-27(33-28(35)19-22-20-31-26-13-9-8-12-25(22)26)29(36)32-24-14-16-30(17-15-24,34(3)4)23-10-6-5-7-11-23;/h5-13,20-21,24,27,31H,14-19H2,1-4H3,(H,32,36)(H,33,35);1H. The molecule has 1 unspecified atom stereocenters. The van der Waals surface area contributed by atoms with Crippen LogP contribution in [0.1, 0.15) is 57.1 Å². The third kappa shape index (κ3) is 6.74. The molecule has 1 aromatic heterocycles. The van der Waals surface area contributed by atoms with Gasteiger partial charge in [0.25, 0.3) is 0 Å². The van der Waals surface area contributed by atoms with Crippen LogP contribution in [0.2, 0.25) is 0 Å². The predicted molar refractivity (Wildman–Crippen MR) is 153 cm³/mol. The van der Waals surface area contributed by atoms with Crippen molar-refractivity contribution in [3.05, 3.63) is 71.9 Å². The summed E-state index contributed by atoms with van der Waals surface area (Å²) in [5.41, 5.74) is 3.29. The lowest BCUT2D eigenvalue weighted by molar-refractivity contribution is -0.129. The van der Waals surface area contributed by atoms with Crippen molar-refractivity contribution in [2.75, 3.05) is 14.1 Å². The van der Waals surface area contributed by atoms with Crippen LogP contribution in [0.15, 0.2) is 60.8 Å². The third-order valence-corrected chi connectivity index (χ3v) is 7.71. The highest BCUT2D eigenvalue weighted by Gasteiger charge is 2.39. The Morgan fingerprint density at radius 1 is 1.03 bits per heavy atom. The molecule has 1 aliphatic rings. The van der Waals surface area contributed by atoms with Gasteiger partial charge in [-0.25, -0.2) is 0 Å². The number of hydrogen-bond donors (Lipinski definition) is 3. The van der Waals surface area contributed by atoms with E-state index in [1.54, 1.807) is 0 Å². The molecular weight excluding hydrogens is 484 g/mol. The molecule has 1 saturated carbocycles. The number of carbonyl (C=O) groups excluding carboxylic acids is 2. The molecule has 1 atom stereocenters. The monoisotopic (exact) mass is 524 g/mol. The van der Waals surface area contributed by atoms with Gasteiger partial charge in [0.05, 0.1) is 6.42 Å². The van der Waals surface area contributed by atoms with Crippen LogP contribution in [0, 0.1) is 5.92 Å². The molecule has 0 radical (unpaired) electrons. The molecule has 0 bridgehead atoms. The fraction of sp³-hybridized carbons (Fsp3) is 0.467. The molecule has 37 heavy (non-hydrogen) atoms. The van der Waals surface area contributed by atoms with Crippen LogP contribution >= 0.6 is 12.4 Å². The lowest BCUT2D eigenvalue weighted by atomic mass is 9.74. The van der Waals surface area contributed by atoms with Gasteiger partial charge >= 0.3 is 0 Å². The maximum atomic E-state index is 13.3. The number of para-hydroxylation sites is 1. The van der Waals surface area contributed by atoms with Crippen LogP contribution in [0.5, 0.6) is 0 Å². The normalized spacial score (nSPS) is 20.4. The largest absolute Gasteiger partial charge is 0.361 e. The van der Waals surface area contributed by atoms with E-state index in [-0.39, 0.29) is 42.2 Å². The maximum Gasteiger partial charge on any atom is 0.242 e. The van der Waals surface area contributed by atoms with Gasteiger partial charge in [0.2, 0.25) is 11.8 Å². The number of aromatic nitrogens is 1. The second kappa shape index (κ2) is 12.6. The average Bonchev–Trinajstić information content (AvgIpc) is 3.27. The molecule has 0 spiro atoms. The molecule has 1 aliphatic carbocycles. The van der Waals surface area contributed by atoms with E-state index in [4.69, 9.17) is 0 Å². The Bertz CT molecular complexity index is 1170. The van der Waals surface area contributed by atoms with E-state index in [0.29, 0.717) is 12.3 Å². The molecular formula is C30H41ClN4O2. The topological polar surface area (TPSA) is 77.2 Å². The summed E-state index contributed by atoms with van der Waals surface area (Å²) in [6, 6.07) is 18.2. The van der Waals surface area contributed by atoms with Gasteiger partial charge < -0.3 is 15.6 Å². The van der Waals surface area contributed by atoms with Crippen LogP contribution in [0.4, 0.5) is 0 Å². The Labute approximate surface area is 227 Å². The van der Waals surface area contributed by atoms with Crippen LogP contribution in [-0.4, -0.2) is 47.9 Å². The SMILES string of the molecule is CC(C)CC(NC(=O)Cc1c[nH]c2ccccc12)C(=O)NC1CCC(c2ccccc2)(N(C)C)CC1.Cl. The van der Waals surface area contributed by atoms with Crippen molar-refractivity contribution in [2.45, 2.75) is 70.0 Å². The molecule has 0 saturated heterocycles. The summed E-state index contributed by atoms with van der Waals surface area (Å²) in [5.74, 6) is 0.0953. The zero-order chi connectivity index (χ0) is 25.7. The lowest BCUT2D eigenvalue weighted by Gasteiger charge is -2.46. The molecule has 200 valence electrons. The number of amides is 2. The number of rotatable bonds is 9. The van der Waals surface area contributed by atoms with Gasteiger partial charge in [0, 0.05) is 28.7 Å². The summed E-state index contributed by atoms with van der Waals surface area (Å²) in [6.45, 7) is 4.16. The number of benzene rings is 2. The van der Waals surface area contributed by atoms with Gasteiger partial charge in [-0.1, -0.05) is 62.4 Å². The Balaban J connectivity index is 0.00000380. The van der Waals surface area contributed by atoms with Crippen molar-refractivity contribution in [1.82, 2.24) is 20.5 Å². The first-order valence-corrected chi connectivity index (χ1v) is 13.2. The number of halogens is 1. The quantitative estimate of drug-likeness (QED) is 0.361. The average molecular weight is 525 g/mol. The fourth-order valence-corrected chi connectivity index (χ4v) is 5.68. The number of hydrogen-bond acceptors (Lipinski definition) is 3. The predicted octanol–water partition coefficient (Wildman–Crippen LogP) is 5.18. The van der Waals surface area contributed by atoms with Crippen molar-refractivity contribution < 1.29 is 9.59 Å². The second-order valence-corrected chi connectivity index (χ2v) is 10.9. The highest BCUT2D eigenvalue weighted by molar-refractivity contribution is 5.92. The summed E-state index contributed by atoms with van der Waals surface area (Å²) in [5, 5.41) is 7.34. The highest BCUT2D eigenvalue weighted by atomic mass is 35.5. The molecule has 2 amide bonds. The van der Waals surface area contributed by atoms with E-state index in [1.165, 1.54) is 5.56 Å². The Hall–Kier alpha value is -2.83.